The molecule has 0 saturated carbocycles. The number of rotatable bonds is 18. The zero-order valence-electron chi connectivity index (χ0n) is 23.7. The molecule has 2 saturated heterocycles. The van der Waals surface area contributed by atoms with Crippen LogP contribution in [-0.4, -0.2) is 56.3 Å². The van der Waals surface area contributed by atoms with E-state index >= 15 is 0 Å². The number of amides is 1. The largest absolute Gasteiger partial charge is 0.466 e. The average Bonchev–Trinajstić information content (AvgIpc) is 3.57. The SMILES string of the molecule is CC(C)(C)c1cn(CCCCCC(=O)OCCCCCCC(=O)CCCC[C@H]2SC[C@@H]3CC(=O)N[C@@H]32)nn1. The van der Waals surface area contributed by atoms with Gasteiger partial charge in [0, 0.05) is 55.1 Å². The fourth-order valence-electron chi connectivity index (χ4n) is 5.20. The second-order valence-electron chi connectivity index (χ2n) is 12.0. The lowest BCUT2D eigenvalue weighted by molar-refractivity contribution is -0.143. The van der Waals surface area contributed by atoms with E-state index in [1.54, 1.807) is 0 Å². The van der Waals surface area contributed by atoms with Crippen LogP contribution in [0.1, 0.15) is 116 Å². The van der Waals surface area contributed by atoms with Gasteiger partial charge in [0.15, 0.2) is 0 Å². The first-order valence-electron chi connectivity index (χ1n) is 14.7. The second-order valence-corrected chi connectivity index (χ2v) is 13.3. The molecule has 2 fully saturated rings. The van der Waals surface area contributed by atoms with Crippen molar-refractivity contribution in [3.8, 4) is 0 Å². The molecular formula is C29H48N4O4S. The summed E-state index contributed by atoms with van der Waals surface area (Å²) < 4.78 is 7.24. The maximum Gasteiger partial charge on any atom is 0.305 e. The van der Waals surface area contributed by atoms with Gasteiger partial charge in [0.25, 0.3) is 0 Å². The molecule has 1 aromatic rings. The number of nitrogens with one attached hydrogen (secondary N) is 1. The molecule has 8 nitrogen and oxygen atoms in total. The van der Waals surface area contributed by atoms with Gasteiger partial charge in [-0.05, 0) is 50.2 Å². The van der Waals surface area contributed by atoms with Gasteiger partial charge >= 0.3 is 5.97 Å². The zero-order chi connectivity index (χ0) is 27.4. The van der Waals surface area contributed by atoms with E-state index in [0.717, 1.165) is 82.2 Å². The minimum absolute atomic E-state index is 0.0102. The van der Waals surface area contributed by atoms with Gasteiger partial charge in [0.1, 0.15) is 5.78 Å². The lowest BCUT2D eigenvalue weighted by Crippen LogP contribution is -2.34. The molecule has 1 N–H and O–H groups in total. The van der Waals surface area contributed by atoms with Gasteiger partial charge in [0.2, 0.25) is 5.91 Å². The Morgan fingerprint density at radius 1 is 1.03 bits per heavy atom. The van der Waals surface area contributed by atoms with Crippen LogP contribution in [0.15, 0.2) is 6.20 Å². The number of ketones is 1. The van der Waals surface area contributed by atoms with Gasteiger partial charge < -0.3 is 10.1 Å². The molecule has 0 bridgehead atoms. The van der Waals surface area contributed by atoms with Crippen LogP contribution in [0.25, 0.3) is 0 Å². The Bertz CT molecular complexity index is 897. The molecule has 0 unspecified atom stereocenters. The Balaban J connectivity index is 1.08. The van der Waals surface area contributed by atoms with Gasteiger partial charge in [-0.2, -0.15) is 11.8 Å². The number of hydrogen-bond acceptors (Lipinski definition) is 7. The molecule has 38 heavy (non-hydrogen) atoms. The van der Waals surface area contributed by atoms with Crippen molar-refractivity contribution < 1.29 is 19.1 Å². The van der Waals surface area contributed by atoms with Crippen LogP contribution in [-0.2, 0) is 31.1 Å². The number of esters is 1. The van der Waals surface area contributed by atoms with E-state index in [1.165, 1.54) is 0 Å². The van der Waals surface area contributed by atoms with E-state index in [0.29, 0.717) is 55.3 Å². The van der Waals surface area contributed by atoms with Gasteiger partial charge in [0.05, 0.1) is 12.3 Å². The maximum atomic E-state index is 12.2. The normalized spacial score (nSPS) is 20.9. The molecule has 3 rings (SSSR count). The molecule has 1 aromatic heterocycles. The maximum absolute atomic E-state index is 12.2. The van der Waals surface area contributed by atoms with E-state index in [1.807, 2.05) is 22.6 Å². The van der Waals surface area contributed by atoms with Crippen molar-refractivity contribution >= 4 is 29.4 Å². The highest BCUT2D eigenvalue weighted by molar-refractivity contribution is 8.00. The summed E-state index contributed by atoms with van der Waals surface area (Å²) in [6.07, 6.45) is 14.2. The minimum atomic E-state index is -0.113. The summed E-state index contributed by atoms with van der Waals surface area (Å²) in [5, 5.41) is 12.1. The van der Waals surface area contributed by atoms with Crippen LogP contribution < -0.4 is 5.32 Å². The van der Waals surface area contributed by atoms with Crippen molar-refractivity contribution in [1.82, 2.24) is 20.3 Å². The summed E-state index contributed by atoms with van der Waals surface area (Å²) in [4.78, 5) is 35.7. The van der Waals surface area contributed by atoms with Crippen LogP contribution in [0.3, 0.4) is 0 Å². The Hall–Kier alpha value is -1.90. The third-order valence-corrected chi connectivity index (χ3v) is 9.17. The van der Waals surface area contributed by atoms with E-state index < -0.39 is 0 Å². The highest BCUT2D eigenvalue weighted by Gasteiger charge is 2.42. The predicted molar refractivity (Wildman–Crippen MR) is 151 cm³/mol. The first-order chi connectivity index (χ1) is 18.2. The lowest BCUT2D eigenvalue weighted by atomic mass is 9.93. The molecule has 0 aromatic carbocycles. The number of nitrogens with zero attached hydrogens (tertiary/aromatic N) is 3. The number of hydrogen-bond donors (Lipinski definition) is 1. The first-order valence-corrected chi connectivity index (χ1v) is 15.8. The fraction of sp³-hybridized carbons (Fsp3) is 0.828. The van der Waals surface area contributed by atoms with E-state index in [-0.39, 0.29) is 17.3 Å². The van der Waals surface area contributed by atoms with Crippen LogP contribution in [0, 0.1) is 5.92 Å². The Morgan fingerprint density at radius 2 is 1.74 bits per heavy atom. The van der Waals surface area contributed by atoms with Gasteiger partial charge in [-0.25, -0.2) is 0 Å². The molecule has 2 aliphatic rings. The summed E-state index contributed by atoms with van der Waals surface area (Å²) in [5.74, 6) is 2.07. The number of carbonyl (C=O) groups excluding carboxylic acids is 3. The van der Waals surface area contributed by atoms with Crippen molar-refractivity contribution in [3.05, 3.63) is 11.9 Å². The molecule has 1 amide bonds. The van der Waals surface area contributed by atoms with Crippen molar-refractivity contribution in [2.45, 2.75) is 134 Å². The number of fused-ring (bicyclic) bond motifs is 1. The van der Waals surface area contributed by atoms with Gasteiger partial charge in [-0.3, -0.25) is 19.1 Å². The van der Waals surface area contributed by atoms with E-state index in [2.05, 4.69) is 36.4 Å². The summed E-state index contributed by atoms with van der Waals surface area (Å²) in [7, 11) is 0. The molecule has 3 atom stereocenters. The van der Waals surface area contributed by atoms with Crippen LogP contribution in [0.4, 0.5) is 0 Å². The van der Waals surface area contributed by atoms with Crippen molar-refractivity contribution in [2.75, 3.05) is 12.4 Å². The minimum Gasteiger partial charge on any atom is -0.466 e. The predicted octanol–water partition coefficient (Wildman–Crippen LogP) is 5.38. The number of ether oxygens (including phenoxy) is 1. The molecule has 3 heterocycles. The smallest absolute Gasteiger partial charge is 0.305 e. The number of aryl methyl sites for hydroxylation is 1. The molecule has 9 heteroatoms. The number of unbranched alkanes of at least 4 members (excludes halogenated alkanes) is 6. The van der Waals surface area contributed by atoms with Crippen molar-refractivity contribution in [2.24, 2.45) is 5.92 Å². The monoisotopic (exact) mass is 548 g/mol. The van der Waals surface area contributed by atoms with Crippen LogP contribution >= 0.6 is 11.8 Å². The number of Topliss-reactive ketones (excluding diaryl/α,β-unsaturated/α-hetero) is 1. The van der Waals surface area contributed by atoms with Gasteiger partial charge in [-0.1, -0.05) is 51.7 Å². The molecular weight excluding hydrogens is 500 g/mol. The first kappa shape index (κ1) is 30.6. The third kappa shape index (κ3) is 10.7. The van der Waals surface area contributed by atoms with Crippen molar-refractivity contribution in [3.63, 3.8) is 0 Å². The number of carbonyl (C=O) groups is 3. The quantitative estimate of drug-likeness (QED) is 0.194. The lowest BCUT2D eigenvalue weighted by Gasteiger charge is -2.17. The van der Waals surface area contributed by atoms with Crippen LogP contribution in [0.2, 0.25) is 0 Å². The molecule has 0 radical (unpaired) electrons. The standard InChI is InChI=1S/C29H48N4O4S/c1-29(2,3)25-20-33(32-31-25)17-11-6-8-16-27(36)37-18-12-5-4-7-13-23(34)14-9-10-15-24-28-22(21-38-24)19-26(35)30-28/h20,22,24,28H,4-19,21H2,1-3H3,(H,30,35)/t22-,24+,28-/m0/s1. The second kappa shape index (κ2) is 15.6. The topological polar surface area (TPSA) is 103 Å². The molecule has 2 aliphatic heterocycles. The third-order valence-electron chi connectivity index (χ3n) is 7.59. The summed E-state index contributed by atoms with van der Waals surface area (Å²) in [6, 6.07) is 0.362. The summed E-state index contributed by atoms with van der Waals surface area (Å²) >= 11 is 1.99. The zero-order valence-corrected chi connectivity index (χ0v) is 24.5. The van der Waals surface area contributed by atoms with E-state index in [9.17, 15) is 14.4 Å². The van der Waals surface area contributed by atoms with Crippen molar-refractivity contribution in [1.29, 1.82) is 0 Å². The Morgan fingerprint density at radius 3 is 2.50 bits per heavy atom. The Labute approximate surface area is 232 Å². The average molecular weight is 549 g/mol. The highest BCUT2D eigenvalue weighted by atomic mass is 32.2. The highest BCUT2D eigenvalue weighted by Crippen LogP contribution is 2.39. The summed E-state index contributed by atoms with van der Waals surface area (Å²) in [5.41, 5.74) is 1.01. The number of thioether (sulfide) groups is 1. The fourth-order valence-corrected chi connectivity index (χ4v) is 6.85. The summed E-state index contributed by atoms with van der Waals surface area (Å²) in [6.45, 7) is 7.68. The molecule has 0 spiro atoms. The Kier molecular flexibility index (Phi) is 12.6. The van der Waals surface area contributed by atoms with E-state index in [4.69, 9.17) is 4.74 Å². The van der Waals surface area contributed by atoms with Crippen LogP contribution in [0.5, 0.6) is 0 Å². The number of aromatic nitrogens is 3. The molecule has 0 aliphatic carbocycles. The van der Waals surface area contributed by atoms with Gasteiger partial charge in [-0.15, -0.1) is 5.10 Å². The molecule has 214 valence electrons.